The van der Waals surface area contributed by atoms with Gasteiger partial charge in [-0.3, -0.25) is 4.79 Å². The molecule has 0 unspecified atom stereocenters. The molecule has 0 atom stereocenters. The maximum Gasteiger partial charge on any atom is 0.239 e. The minimum atomic E-state index is -0.174. The number of rotatable bonds is 7. The Bertz CT molecular complexity index is 469. The molecule has 0 saturated heterocycles. The first-order valence-corrected chi connectivity index (χ1v) is 5.79. The monoisotopic (exact) mass is 263 g/mol. The number of carbonyl (C=O) groups excluding carboxylic acids is 1. The average Bonchev–Trinajstić information content (AvgIpc) is 2.44. The van der Waals surface area contributed by atoms with Crippen LogP contribution in [0.3, 0.4) is 0 Å². The highest BCUT2D eigenvalue weighted by Gasteiger charge is 2.09. The van der Waals surface area contributed by atoms with Crippen LogP contribution in [0, 0.1) is 11.3 Å². The molecule has 1 aromatic carbocycles. The minimum absolute atomic E-state index is 0.0682. The first kappa shape index (κ1) is 14.8. The molecule has 1 amide bonds. The van der Waals surface area contributed by atoms with Crippen LogP contribution < -0.4 is 15.4 Å². The highest BCUT2D eigenvalue weighted by Crippen LogP contribution is 2.27. The molecule has 0 saturated carbocycles. The van der Waals surface area contributed by atoms with Crippen molar-refractivity contribution < 1.29 is 14.3 Å². The van der Waals surface area contributed by atoms with Crippen molar-refractivity contribution in [2.45, 2.75) is 0 Å². The third kappa shape index (κ3) is 4.48. The highest BCUT2D eigenvalue weighted by molar-refractivity contribution is 5.82. The lowest BCUT2D eigenvalue weighted by Gasteiger charge is -2.12. The molecule has 102 valence electrons. The molecule has 1 rings (SSSR count). The summed E-state index contributed by atoms with van der Waals surface area (Å²) in [6.07, 6.45) is 0. The standard InChI is InChI=1S/C13H17N3O3/c1-18-7-6-15-12(17)9-16-13-10(8-14)4-3-5-11(13)19-2/h3-5,16H,6-7,9H2,1-2H3,(H,15,17). The van der Waals surface area contributed by atoms with Gasteiger partial charge in [-0.15, -0.1) is 0 Å². The zero-order valence-electron chi connectivity index (χ0n) is 11.0. The van der Waals surface area contributed by atoms with Gasteiger partial charge in [-0.1, -0.05) is 6.07 Å². The molecule has 2 N–H and O–H groups in total. The summed E-state index contributed by atoms with van der Waals surface area (Å²) in [5.41, 5.74) is 0.957. The van der Waals surface area contributed by atoms with Gasteiger partial charge in [0.2, 0.25) is 5.91 Å². The minimum Gasteiger partial charge on any atom is -0.495 e. The van der Waals surface area contributed by atoms with E-state index in [1.54, 1.807) is 25.3 Å². The Balaban J connectivity index is 2.62. The molecule has 0 fully saturated rings. The van der Waals surface area contributed by atoms with Gasteiger partial charge in [-0.2, -0.15) is 5.26 Å². The van der Waals surface area contributed by atoms with Crippen LogP contribution in [-0.2, 0) is 9.53 Å². The average molecular weight is 263 g/mol. The van der Waals surface area contributed by atoms with Crippen LogP contribution in [0.15, 0.2) is 18.2 Å². The van der Waals surface area contributed by atoms with Gasteiger partial charge in [0, 0.05) is 13.7 Å². The second-order valence-electron chi connectivity index (χ2n) is 3.69. The summed E-state index contributed by atoms with van der Waals surface area (Å²) in [5.74, 6) is 0.357. The van der Waals surface area contributed by atoms with Crippen molar-refractivity contribution in [3.8, 4) is 11.8 Å². The number of hydrogen-bond acceptors (Lipinski definition) is 5. The summed E-state index contributed by atoms with van der Waals surface area (Å²) in [5, 5.41) is 14.6. The smallest absolute Gasteiger partial charge is 0.239 e. The first-order chi connectivity index (χ1) is 9.22. The number of amides is 1. The number of carbonyl (C=O) groups is 1. The van der Waals surface area contributed by atoms with Gasteiger partial charge in [0.25, 0.3) is 0 Å². The third-order valence-corrected chi connectivity index (χ3v) is 2.42. The molecular formula is C13H17N3O3. The molecule has 0 aromatic heterocycles. The number of hydrogen-bond donors (Lipinski definition) is 2. The highest BCUT2D eigenvalue weighted by atomic mass is 16.5. The second kappa shape index (κ2) is 7.95. The van der Waals surface area contributed by atoms with Gasteiger partial charge in [-0.25, -0.2) is 0 Å². The molecule has 0 radical (unpaired) electrons. The molecular weight excluding hydrogens is 246 g/mol. The number of nitrogens with zero attached hydrogens (tertiary/aromatic N) is 1. The number of benzene rings is 1. The quantitative estimate of drug-likeness (QED) is 0.709. The van der Waals surface area contributed by atoms with Gasteiger partial charge in [-0.05, 0) is 12.1 Å². The Morgan fingerprint density at radius 3 is 2.84 bits per heavy atom. The Morgan fingerprint density at radius 2 is 2.21 bits per heavy atom. The van der Waals surface area contributed by atoms with E-state index in [1.165, 1.54) is 7.11 Å². The number of ether oxygens (including phenoxy) is 2. The predicted octanol–water partition coefficient (Wildman–Crippen LogP) is 0.741. The Morgan fingerprint density at radius 1 is 1.42 bits per heavy atom. The normalized spacial score (nSPS) is 9.53. The summed E-state index contributed by atoms with van der Waals surface area (Å²) in [6.45, 7) is 0.983. The van der Waals surface area contributed by atoms with Crippen molar-refractivity contribution in [2.75, 3.05) is 39.2 Å². The summed E-state index contributed by atoms with van der Waals surface area (Å²) in [4.78, 5) is 11.5. The van der Waals surface area contributed by atoms with E-state index in [1.807, 2.05) is 0 Å². The number of anilines is 1. The van der Waals surface area contributed by atoms with Gasteiger partial charge >= 0.3 is 0 Å². The number of nitriles is 1. The summed E-state index contributed by atoms with van der Waals surface area (Å²) >= 11 is 0. The van der Waals surface area contributed by atoms with E-state index in [-0.39, 0.29) is 12.5 Å². The number of methoxy groups -OCH3 is 2. The zero-order valence-corrected chi connectivity index (χ0v) is 11.0. The predicted molar refractivity (Wildman–Crippen MR) is 71.1 cm³/mol. The summed E-state index contributed by atoms with van der Waals surface area (Å²) < 4.78 is 9.98. The molecule has 19 heavy (non-hydrogen) atoms. The Hall–Kier alpha value is -2.26. The van der Waals surface area contributed by atoms with E-state index in [9.17, 15) is 4.79 Å². The van der Waals surface area contributed by atoms with E-state index < -0.39 is 0 Å². The maximum absolute atomic E-state index is 11.5. The third-order valence-electron chi connectivity index (χ3n) is 2.42. The first-order valence-electron chi connectivity index (χ1n) is 5.79. The van der Waals surface area contributed by atoms with E-state index in [0.29, 0.717) is 30.2 Å². The molecule has 1 aromatic rings. The van der Waals surface area contributed by atoms with Crippen molar-refractivity contribution in [3.05, 3.63) is 23.8 Å². The molecule has 0 spiro atoms. The fourth-order valence-corrected chi connectivity index (χ4v) is 1.50. The molecule has 0 aliphatic rings. The summed E-state index contributed by atoms with van der Waals surface area (Å²) in [6, 6.07) is 7.16. The topological polar surface area (TPSA) is 83.4 Å². The van der Waals surface area contributed by atoms with E-state index in [2.05, 4.69) is 16.7 Å². The van der Waals surface area contributed by atoms with Crippen LogP contribution in [0.2, 0.25) is 0 Å². The fourth-order valence-electron chi connectivity index (χ4n) is 1.50. The van der Waals surface area contributed by atoms with Crippen LogP contribution in [-0.4, -0.2) is 39.8 Å². The van der Waals surface area contributed by atoms with Gasteiger partial charge in [0.1, 0.15) is 11.8 Å². The second-order valence-corrected chi connectivity index (χ2v) is 3.69. The van der Waals surface area contributed by atoms with E-state index in [0.717, 1.165) is 0 Å². The van der Waals surface area contributed by atoms with Crippen LogP contribution >= 0.6 is 0 Å². The van der Waals surface area contributed by atoms with Crippen molar-refractivity contribution in [1.82, 2.24) is 5.32 Å². The van der Waals surface area contributed by atoms with Crippen molar-refractivity contribution >= 4 is 11.6 Å². The van der Waals surface area contributed by atoms with E-state index in [4.69, 9.17) is 14.7 Å². The van der Waals surface area contributed by atoms with Crippen molar-refractivity contribution in [1.29, 1.82) is 5.26 Å². The number of nitrogens with one attached hydrogen (secondary N) is 2. The van der Waals surface area contributed by atoms with Crippen molar-refractivity contribution in [2.24, 2.45) is 0 Å². The van der Waals surface area contributed by atoms with Crippen LogP contribution in [0.5, 0.6) is 5.75 Å². The van der Waals surface area contributed by atoms with Crippen LogP contribution in [0.4, 0.5) is 5.69 Å². The molecule has 6 nitrogen and oxygen atoms in total. The SMILES string of the molecule is COCCNC(=O)CNc1c(C#N)cccc1OC. The fraction of sp³-hybridized carbons (Fsp3) is 0.385. The van der Waals surface area contributed by atoms with Gasteiger partial charge < -0.3 is 20.1 Å². The largest absolute Gasteiger partial charge is 0.495 e. The Labute approximate surface area is 112 Å². The maximum atomic E-state index is 11.5. The molecule has 0 aliphatic heterocycles. The lowest BCUT2D eigenvalue weighted by atomic mass is 10.2. The molecule has 0 heterocycles. The molecule has 6 heteroatoms. The zero-order chi connectivity index (χ0) is 14.1. The lowest BCUT2D eigenvalue weighted by Crippen LogP contribution is -2.32. The van der Waals surface area contributed by atoms with Crippen LogP contribution in [0.1, 0.15) is 5.56 Å². The molecule has 0 aliphatic carbocycles. The van der Waals surface area contributed by atoms with E-state index >= 15 is 0 Å². The lowest BCUT2D eigenvalue weighted by molar-refractivity contribution is -0.119. The summed E-state index contributed by atoms with van der Waals surface area (Å²) in [7, 11) is 3.08. The Kier molecular flexibility index (Phi) is 6.19. The van der Waals surface area contributed by atoms with Crippen molar-refractivity contribution in [3.63, 3.8) is 0 Å². The van der Waals surface area contributed by atoms with Crippen LogP contribution in [0.25, 0.3) is 0 Å². The molecule has 0 bridgehead atoms. The van der Waals surface area contributed by atoms with Gasteiger partial charge in [0.05, 0.1) is 31.5 Å². The van der Waals surface area contributed by atoms with Gasteiger partial charge in [0.15, 0.2) is 0 Å². The number of para-hydroxylation sites is 1.